The monoisotopic (exact) mass is 511 g/mol. The third kappa shape index (κ3) is 5.28. The second kappa shape index (κ2) is 10.4. The highest BCUT2D eigenvalue weighted by Crippen LogP contribution is 2.39. The number of carbonyl (C=O) groups excluding carboxylic acids is 1. The van der Waals surface area contributed by atoms with Gasteiger partial charge in [0.15, 0.2) is 0 Å². The van der Waals surface area contributed by atoms with Gasteiger partial charge in [-0.25, -0.2) is 14.4 Å². The highest BCUT2D eigenvalue weighted by molar-refractivity contribution is 6.31. The minimum Gasteiger partial charge on any atom is -0.491 e. The Labute approximate surface area is 213 Å². The lowest BCUT2D eigenvalue weighted by atomic mass is 9.86. The van der Waals surface area contributed by atoms with Gasteiger partial charge in [0.1, 0.15) is 23.7 Å². The Kier molecular flexibility index (Phi) is 7.04. The summed E-state index contributed by atoms with van der Waals surface area (Å²) in [5.74, 6) is 0.352. The van der Waals surface area contributed by atoms with E-state index >= 15 is 0 Å². The zero-order chi connectivity index (χ0) is 25.1. The van der Waals surface area contributed by atoms with Crippen LogP contribution in [0.3, 0.4) is 0 Å². The lowest BCUT2D eigenvalue weighted by Gasteiger charge is -2.33. The van der Waals surface area contributed by atoms with Crippen molar-refractivity contribution in [2.75, 3.05) is 36.9 Å². The first-order valence-electron chi connectivity index (χ1n) is 11.9. The van der Waals surface area contributed by atoms with Crippen molar-refractivity contribution in [3.05, 3.63) is 60.2 Å². The van der Waals surface area contributed by atoms with Gasteiger partial charge in [-0.2, -0.15) is 0 Å². The molecule has 1 aromatic heterocycles. The van der Waals surface area contributed by atoms with Crippen molar-refractivity contribution >= 4 is 45.6 Å². The van der Waals surface area contributed by atoms with Gasteiger partial charge in [-0.15, -0.1) is 0 Å². The van der Waals surface area contributed by atoms with Gasteiger partial charge in [0.2, 0.25) is 5.91 Å². The second-order valence-electron chi connectivity index (χ2n) is 9.16. The van der Waals surface area contributed by atoms with Gasteiger partial charge in [0.05, 0.1) is 35.0 Å². The van der Waals surface area contributed by atoms with Crippen LogP contribution in [0.4, 0.5) is 21.6 Å². The molecule has 0 bridgehead atoms. The number of fused-ring (bicyclic) bond motifs is 1. The van der Waals surface area contributed by atoms with E-state index in [9.17, 15) is 9.18 Å². The minimum atomic E-state index is -0.510. The lowest BCUT2D eigenvalue weighted by molar-refractivity contribution is -0.111. The van der Waals surface area contributed by atoms with E-state index in [1.165, 1.54) is 24.5 Å². The molecule has 1 unspecified atom stereocenters. The molecule has 0 radical (unpaired) electrons. The minimum absolute atomic E-state index is 0.00450. The number of nitrogens with zero attached hydrogens (tertiary/aromatic N) is 2. The molecule has 0 saturated carbocycles. The fraction of sp³-hybridized carbons (Fsp3) is 0.346. The highest BCUT2D eigenvalue weighted by Gasteiger charge is 2.41. The molecule has 3 heterocycles. The van der Waals surface area contributed by atoms with Crippen LogP contribution in [-0.2, 0) is 9.53 Å². The molecule has 188 valence electrons. The number of hydrogen-bond acceptors (Lipinski definition) is 7. The largest absolute Gasteiger partial charge is 0.491 e. The topological polar surface area (TPSA) is 97.4 Å². The Morgan fingerprint density at radius 2 is 2.14 bits per heavy atom. The number of anilines is 3. The van der Waals surface area contributed by atoms with E-state index < -0.39 is 5.82 Å². The molecule has 3 N–H and O–H groups in total. The van der Waals surface area contributed by atoms with E-state index in [1.54, 1.807) is 18.2 Å². The zero-order valence-corrected chi connectivity index (χ0v) is 20.4. The fourth-order valence-electron chi connectivity index (χ4n) is 4.78. The van der Waals surface area contributed by atoms with Crippen LogP contribution in [0.2, 0.25) is 5.02 Å². The summed E-state index contributed by atoms with van der Waals surface area (Å²) < 4.78 is 26.0. The van der Waals surface area contributed by atoms with Crippen LogP contribution in [0, 0.1) is 11.7 Å². The van der Waals surface area contributed by atoms with Crippen LogP contribution in [0.1, 0.15) is 19.3 Å². The Morgan fingerprint density at radius 3 is 2.92 bits per heavy atom. The molecule has 2 aliphatic rings. The summed E-state index contributed by atoms with van der Waals surface area (Å²) in [5, 5.41) is 9.98. The van der Waals surface area contributed by atoms with Crippen LogP contribution < -0.4 is 20.7 Å². The van der Waals surface area contributed by atoms with Gasteiger partial charge >= 0.3 is 0 Å². The van der Waals surface area contributed by atoms with Gasteiger partial charge in [0, 0.05) is 23.1 Å². The smallest absolute Gasteiger partial charge is 0.247 e. The summed E-state index contributed by atoms with van der Waals surface area (Å²) in [6, 6.07) is 7.83. The average molecular weight is 512 g/mol. The maximum absolute atomic E-state index is 13.6. The van der Waals surface area contributed by atoms with Crippen molar-refractivity contribution in [3.8, 4) is 5.75 Å². The SMILES string of the molecule is C=CC(=O)Nc1cc2c(Nc3ccc(F)c(Cl)c3)ncnc2cc1OCC1COC2(CCNCC2)C1. The number of carbonyl (C=O) groups is 1. The van der Waals surface area contributed by atoms with Gasteiger partial charge in [-0.1, -0.05) is 18.2 Å². The number of ether oxygens (including phenoxy) is 2. The van der Waals surface area contributed by atoms with Crippen molar-refractivity contribution in [1.29, 1.82) is 0 Å². The van der Waals surface area contributed by atoms with Gasteiger partial charge in [-0.05, 0) is 62.7 Å². The van der Waals surface area contributed by atoms with Crippen molar-refractivity contribution in [2.45, 2.75) is 24.9 Å². The van der Waals surface area contributed by atoms with Crippen LogP contribution in [0.15, 0.2) is 49.3 Å². The number of piperidine rings is 1. The van der Waals surface area contributed by atoms with E-state index in [0.29, 0.717) is 47.1 Å². The molecule has 1 amide bonds. The third-order valence-corrected chi connectivity index (χ3v) is 6.93. The molecular formula is C26H27ClFN5O3. The van der Waals surface area contributed by atoms with Crippen molar-refractivity contribution in [1.82, 2.24) is 15.3 Å². The van der Waals surface area contributed by atoms with Gasteiger partial charge < -0.3 is 25.4 Å². The molecule has 10 heteroatoms. The highest BCUT2D eigenvalue weighted by atomic mass is 35.5. The number of benzene rings is 2. The van der Waals surface area contributed by atoms with Gasteiger partial charge in [-0.3, -0.25) is 4.79 Å². The molecular weight excluding hydrogens is 485 g/mol. The standard InChI is InChI=1S/C26H27ClFN5O3/c1-2-24(34)33-22-10-18-21(30-15-31-25(18)32-17-3-4-20(28)19(27)9-17)11-23(22)35-13-16-12-26(36-14-16)5-7-29-8-6-26/h2-4,9-11,15-16,29H,1,5-8,12-14H2,(H,33,34)(H,30,31,32). The fourth-order valence-corrected chi connectivity index (χ4v) is 4.96. The Bertz CT molecular complexity index is 1300. The maximum Gasteiger partial charge on any atom is 0.247 e. The van der Waals surface area contributed by atoms with E-state index in [2.05, 4.69) is 32.5 Å². The van der Waals surface area contributed by atoms with Crippen molar-refractivity contribution in [3.63, 3.8) is 0 Å². The summed E-state index contributed by atoms with van der Waals surface area (Å²) in [5.41, 5.74) is 1.59. The maximum atomic E-state index is 13.6. The second-order valence-corrected chi connectivity index (χ2v) is 9.57. The Morgan fingerprint density at radius 1 is 1.31 bits per heavy atom. The summed E-state index contributed by atoms with van der Waals surface area (Å²) >= 11 is 5.92. The molecule has 2 aromatic carbocycles. The zero-order valence-electron chi connectivity index (χ0n) is 19.7. The van der Waals surface area contributed by atoms with E-state index in [-0.39, 0.29) is 22.4 Å². The molecule has 2 saturated heterocycles. The summed E-state index contributed by atoms with van der Waals surface area (Å²) in [6.45, 7) is 6.59. The van der Waals surface area contributed by atoms with Crippen molar-refractivity contribution < 1.29 is 18.7 Å². The number of rotatable bonds is 7. The Hall–Kier alpha value is -3.27. The molecule has 5 rings (SSSR count). The molecule has 36 heavy (non-hydrogen) atoms. The number of amides is 1. The predicted octanol–water partition coefficient (Wildman–Crippen LogP) is 4.83. The molecule has 2 aliphatic heterocycles. The molecule has 8 nitrogen and oxygen atoms in total. The quantitative estimate of drug-likeness (QED) is 0.391. The number of aromatic nitrogens is 2. The summed E-state index contributed by atoms with van der Waals surface area (Å²) in [7, 11) is 0. The van der Waals surface area contributed by atoms with Crippen molar-refractivity contribution in [2.24, 2.45) is 5.92 Å². The molecule has 0 aliphatic carbocycles. The predicted molar refractivity (Wildman–Crippen MR) is 137 cm³/mol. The van der Waals surface area contributed by atoms with Gasteiger partial charge in [0.25, 0.3) is 0 Å². The molecule has 2 fully saturated rings. The van der Waals surface area contributed by atoms with E-state index in [4.69, 9.17) is 21.1 Å². The first-order valence-corrected chi connectivity index (χ1v) is 12.2. The molecule has 3 aromatic rings. The first-order chi connectivity index (χ1) is 17.4. The van der Waals surface area contributed by atoms with E-state index in [1.807, 2.05) is 0 Å². The molecule has 1 atom stereocenters. The number of halogens is 2. The first kappa shape index (κ1) is 24.4. The number of nitrogens with one attached hydrogen (secondary N) is 3. The normalized spacial score (nSPS) is 18.8. The van der Waals surface area contributed by atoms with Crippen LogP contribution in [0.25, 0.3) is 10.9 Å². The van der Waals surface area contributed by atoms with Crippen LogP contribution >= 0.6 is 11.6 Å². The van der Waals surface area contributed by atoms with Crippen LogP contribution in [-0.4, -0.2) is 47.8 Å². The summed E-state index contributed by atoms with van der Waals surface area (Å²) in [6.07, 6.45) is 5.58. The average Bonchev–Trinajstić information content (AvgIpc) is 3.27. The van der Waals surface area contributed by atoms with E-state index in [0.717, 1.165) is 32.4 Å². The molecule has 1 spiro atoms. The summed E-state index contributed by atoms with van der Waals surface area (Å²) in [4.78, 5) is 20.9. The number of hydrogen-bond donors (Lipinski definition) is 3. The lowest BCUT2D eigenvalue weighted by Crippen LogP contribution is -2.41. The third-order valence-electron chi connectivity index (χ3n) is 6.64. The Balaban J connectivity index is 1.40. The van der Waals surface area contributed by atoms with Crippen LogP contribution in [0.5, 0.6) is 5.75 Å².